The molecular formula is C14H28O. The van der Waals surface area contributed by atoms with Gasteiger partial charge in [-0.15, -0.1) is 0 Å². The zero-order chi connectivity index (χ0) is 11.1. The molecule has 1 aliphatic rings. The molecule has 0 aromatic rings. The molecule has 1 saturated carbocycles. The number of unbranched alkanes of at least 4 members (excludes halogenated alkanes) is 3. The molecule has 15 heavy (non-hydrogen) atoms. The summed E-state index contributed by atoms with van der Waals surface area (Å²) in [6.45, 7) is 4.27. The van der Waals surface area contributed by atoms with E-state index >= 15 is 0 Å². The summed E-state index contributed by atoms with van der Waals surface area (Å²) >= 11 is 0. The van der Waals surface area contributed by atoms with Crippen molar-refractivity contribution in [3.05, 3.63) is 0 Å². The summed E-state index contributed by atoms with van der Waals surface area (Å²) in [6, 6.07) is 0. The zero-order valence-corrected chi connectivity index (χ0v) is 10.6. The van der Waals surface area contributed by atoms with Crippen LogP contribution in [0.25, 0.3) is 0 Å². The van der Waals surface area contributed by atoms with Crippen molar-refractivity contribution in [3.8, 4) is 0 Å². The van der Waals surface area contributed by atoms with Gasteiger partial charge >= 0.3 is 0 Å². The molecule has 0 aliphatic heterocycles. The van der Waals surface area contributed by atoms with Crippen LogP contribution in [0.15, 0.2) is 0 Å². The highest BCUT2D eigenvalue weighted by molar-refractivity contribution is 4.79. The van der Waals surface area contributed by atoms with E-state index in [-0.39, 0.29) is 5.60 Å². The fourth-order valence-electron chi connectivity index (χ4n) is 2.87. The quantitative estimate of drug-likeness (QED) is 0.624. The van der Waals surface area contributed by atoms with Crippen LogP contribution in [0, 0.1) is 5.92 Å². The lowest BCUT2D eigenvalue weighted by Crippen LogP contribution is -2.26. The van der Waals surface area contributed by atoms with Gasteiger partial charge in [0.2, 0.25) is 0 Å². The van der Waals surface area contributed by atoms with E-state index in [0.717, 1.165) is 18.8 Å². The minimum atomic E-state index is -0.386. The predicted octanol–water partition coefficient (Wildman–Crippen LogP) is 4.29. The molecule has 1 fully saturated rings. The maximum atomic E-state index is 10.3. The summed E-state index contributed by atoms with van der Waals surface area (Å²) in [7, 11) is 0. The maximum Gasteiger partial charge on any atom is 0.0622 e. The largest absolute Gasteiger partial charge is 0.390 e. The third-order valence-corrected chi connectivity index (χ3v) is 3.77. The SMILES string of the molecule is CCCCCCC(C)(O)CC1CCCC1. The van der Waals surface area contributed by atoms with Crippen LogP contribution in [0.5, 0.6) is 0 Å². The van der Waals surface area contributed by atoms with Crippen LogP contribution in [0.4, 0.5) is 0 Å². The average molecular weight is 212 g/mol. The van der Waals surface area contributed by atoms with Gasteiger partial charge in [0, 0.05) is 0 Å². The Morgan fingerprint density at radius 1 is 1.13 bits per heavy atom. The lowest BCUT2D eigenvalue weighted by atomic mass is 9.87. The molecule has 0 spiro atoms. The summed E-state index contributed by atoms with van der Waals surface area (Å²) in [5, 5.41) is 10.3. The summed E-state index contributed by atoms with van der Waals surface area (Å²) in [4.78, 5) is 0. The highest BCUT2D eigenvalue weighted by Gasteiger charge is 2.26. The maximum absolute atomic E-state index is 10.3. The number of rotatable bonds is 7. The van der Waals surface area contributed by atoms with E-state index < -0.39 is 0 Å². The lowest BCUT2D eigenvalue weighted by Gasteiger charge is -2.26. The van der Waals surface area contributed by atoms with Crippen molar-refractivity contribution < 1.29 is 5.11 Å². The van der Waals surface area contributed by atoms with E-state index in [2.05, 4.69) is 6.92 Å². The van der Waals surface area contributed by atoms with Crippen molar-refractivity contribution in [2.24, 2.45) is 5.92 Å². The Balaban J connectivity index is 2.12. The third kappa shape index (κ3) is 5.55. The molecule has 1 aliphatic carbocycles. The Kier molecular flexibility index (Phi) is 5.66. The second-order valence-electron chi connectivity index (χ2n) is 5.66. The van der Waals surface area contributed by atoms with Crippen LogP contribution < -0.4 is 0 Å². The monoisotopic (exact) mass is 212 g/mol. The fraction of sp³-hybridized carbons (Fsp3) is 1.00. The van der Waals surface area contributed by atoms with Gasteiger partial charge in [-0.3, -0.25) is 0 Å². The molecule has 1 heteroatoms. The summed E-state index contributed by atoms with van der Waals surface area (Å²) in [5.74, 6) is 0.811. The first kappa shape index (κ1) is 13.0. The topological polar surface area (TPSA) is 20.2 Å². The van der Waals surface area contributed by atoms with Gasteiger partial charge in [0.1, 0.15) is 0 Å². The molecule has 1 unspecified atom stereocenters. The number of hydrogen-bond donors (Lipinski definition) is 1. The number of hydrogen-bond acceptors (Lipinski definition) is 1. The van der Waals surface area contributed by atoms with Crippen LogP contribution in [0.1, 0.15) is 78.1 Å². The Labute approximate surface area is 95.3 Å². The van der Waals surface area contributed by atoms with Gasteiger partial charge in [-0.25, -0.2) is 0 Å². The van der Waals surface area contributed by atoms with Gasteiger partial charge in [0.25, 0.3) is 0 Å². The molecule has 90 valence electrons. The van der Waals surface area contributed by atoms with Crippen molar-refractivity contribution in [2.75, 3.05) is 0 Å². The van der Waals surface area contributed by atoms with E-state index in [1.165, 1.54) is 51.4 Å². The molecule has 0 heterocycles. The Hall–Kier alpha value is -0.0400. The van der Waals surface area contributed by atoms with E-state index in [1.54, 1.807) is 0 Å². The van der Waals surface area contributed by atoms with Crippen molar-refractivity contribution in [3.63, 3.8) is 0 Å². The first-order valence-corrected chi connectivity index (χ1v) is 6.86. The van der Waals surface area contributed by atoms with Gasteiger partial charge in [0.05, 0.1) is 5.60 Å². The van der Waals surface area contributed by atoms with E-state index in [1.807, 2.05) is 6.92 Å². The van der Waals surface area contributed by atoms with Crippen molar-refractivity contribution in [1.82, 2.24) is 0 Å². The summed E-state index contributed by atoms with van der Waals surface area (Å²) in [6.07, 6.45) is 12.6. The zero-order valence-electron chi connectivity index (χ0n) is 10.6. The minimum Gasteiger partial charge on any atom is -0.390 e. The molecular weight excluding hydrogens is 184 g/mol. The number of aliphatic hydroxyl groups is 1. The molecule has 1 rings (SSSR count). The van der Waals surface area contributed by atoms with E-state index in [9.17, 15) is 5.11 Å². The highest BCUT2D eigenvalue weighted by Crippen LogP contribution is 2.33. The van der Waals surface area contributed by atoms with Crippen LogP contribution in [0.2, 0.25) is 0 Å². The Morgan fingerprint density at radius 3 is 2.40 bits per heavy atom. The second-order valence-corrected chi connectivity index (χ2v) is 5.66. The standard InChI is InChI=1S/C14H28O/c1-3-4-5-8-11-14(2,15)12-13-9-6-7-10-13/h13,15H,3-12H2,1-2H3. The lowest BCUT2D eigenvalue weighted by molar-refractivity contribution is 0.0237. The van der Waals surface area contributed by atoms with E-state index in [4.69, 9.17) is 0 Å². The summed E-state index contributed by atoms with van der Waals surface area (Å²) < 4.78 is 0. The fourth-order valence-corrected chi connectivity index (χ4v) is 2.87. The molecule has 1 atom stereocenters. The predicted molar refractivity (Wildman–Crippen MR) is 66.0 cm³/mol. The molecule has 1 nitrogen and oxygen atoms in total. The van der Waals surface area contributed by atoms with Gasteiger partial charge in [-0.1, -0.05) is 58.3 Å². The average Bonchev–Trinajstić information content (AvgIpc) is 2.64. The first-order valence-electron chi connectivity index (χ1n) is 6.86. The summed E-state index contributed by atoms with van der Waals surface area (Å²) in [5.41, 5.74) is -0.386. The Bertz CT molecular complexity index is 157. The smallest absolute Gasteiger partial charge is 0.0622 e. The van der Waals surface area contributed by atoms with Crippen LogP contribution in [0.3, 0.4) is 0 Å². The van der Waals surface area contributed by atoms with E-state index in [0.29, 0.717) is 0 Å². The second kappa shape index (κ2) is 6.52. The minimum absolute atomic E-state index is 0.386. The molecule has 1 N–H and O–H groups in total. The van der Waals surface area contributed by atoms with Gasteiger partial charge in [0.15, 0.2) is 0 Å². The molecule has 0 radical (unpaired) electrons. The first-order chi connectivity index (χ1) is 7.14. The molecule has 0 bridgehead atoms. The van der Waals surface area contributed by atoms with Crippen molar-refractivity contribution in [1.29, 1.82) is 0 Å². The third-order valence-electron chi connectivity index (χ3n) is 3.77. The molecule has 0 saturated heterocycles. The van der Waals surface area contributed by atoms with Crippen LogP contribution in [-0.4, -0.2) is 10.7 Å². The van der Waals surface area contributed by atoms with Gasteiger partial charge in [-0.2, -0.15) is 0 Å². The molecule has 0 aromatic heterocycles. The van der Waals surface area contributed by atoms with Gasteiger partial charge in [-0.05, 0) is 25.7 Å². The Morgan fingerprint density at radius 2 is 1.80 bits per heavy atom. The highest BCUT2D eigenvalue weighted by atomic mass is 16.3. The normalized spacial score (nSPS) is 21.8. The van der Waals surface area contributed by atoms with Gasteiger partial charge < -0.3 is 5.11 Å². The molecule has 0 amide bonds. The molecule has 0 aromatic carbocycles. The van der Waals surface area contributed by atoms with Crippen LogP contribution in [-0.2, 0) is 0 Å². The van der Waals surface area contributed by atoms with Crippen molar-refractivity contribution >= 4 is 0 Å². The van der Waals surface area contributed by atoms with Crippen molar-refractivity contribution in [2.45, 2.75) is 83.7 Å². The van der Waals surface area contributed by atoms with Crippen LogP contribution >= 0.6 is 0 Å².